The highest BCUT2D eigenvalue weighted by Gasteiger charge is 2.28. The van der Waals surface area contributed by atoms with E-state index >= 15 is 0 Å². The quantitative estimate of drug-likeness (QED) is 0.0200. The first-order valence-electron chi connectivity index (χ1n) is 24.0. The summed E-state index contributed by atoms with van der Waals surface area (Å²) in [6.07, 6.45) is 53.6. The lowest BCUT2D eigenvalue weighted by atomic mass is 10.0. The predicted octanol–water partition coefficient (Wildman–Crippen LogP) is 12.9. The van der Waals surface area contributed by atoms with Crippen molar-refractivity contribution in [2.45, 2.75) is 206 Å². The molecule has 3 unspecified atom stereocenters. The van der Waals surface area contributed by atoms with E-state index in [1.54, 1.807) is 0 Å². The Balaban J connectivity index is 3.86. The lowest BCUT2D eigenvalue weighted by Crippen LogP contribution is -2.43. The number of nitrogens with one attached hydrogen (secondary N) is 1. The smallest absolute Gasteiger partial charge is 0.472 e. The number of amides is 1. The number of esters is 1. The Morgan fingerprint density at radius 3 is 1.42 bits per heavy atom. The minimum Gasteiger partial charge on any atom is -0.480 e. The average Bonchev–Trinajstić information content (AvgIpc) is 3.25. The number of aliphatic carboxylic acids is 1. The zero-order valence-corrected chi connectivity index (χ0v) is 39.5. The Kier molecular flexibility index (Phi) is 42.3. The molecule has 12 heteroatoms. The number of allylic oxidation sites excluding steroid dienone is 12. The van der Waals surface area contributed by atoms with Gasteiger partial charge in [0.2, 0.25) is 5.91 Å². The molecule has 0 saturated carbocycles. The van der Waals surface area contributed by atoms with Crippen molar-refractivity contribution in [3.8, 4) is 0 Å². The number of phosphoric ester groups is 1. The molecule has 0 rings (SSSR count). The summed E-state index contributed by atoms with van der Waals surface area (Å²) in [5.41, 5.74) is 0. The molecular formula is C50H86NO10P. The number of carboxylic acid groups (broad SMARTS) is 1. The Labute approximate surface area is 376 Å². The van der Waals surface area contributed by atoms with Gasteiger partial charge in [-0.15, -0.1) is 0 Å². The fourth-order valence-corrected chi connectivity index (χ4v) is 7.05. The number of carboxylic acids is 1. The van der Waals surface area contributed by atoms with Crippen LogP contribution in [-0.2, 0) is 32.7 Å². The minimum absolute atomic E-state index is 0.0903. The normalized spacial score (nSPS) is 14.3. The molecule has 0 fully saturated rings. The van der Waals surface area contributed by atoms with E-state index in [0.717, 1.165) is 64.2 Å². The summed E-state index contributed by atoms with van der Waals surface area (Å²) in [6.45, 7) is 2.43. The van der Waals surface area contributed by atoms with Crippen molar-refractivity contribution < 1.29 is 47.8 Å². The van der Waals surface area contributed by atoms with Crippen molar-refractivity contribution in [1.29, 1.82) is 0 Å². The van der Waals surface area contributed by atoms with Crippen molar-refractivity contribution in [1.82, 2.24) is 5.32 Å². The molecule has 0 saturated heterocycles. The number of rotatable bonds is 44. The predicted molar refractivity (Wildman–Crippen MR) is 254 cm³/mol. The molecule has 0 radical (unpaired) electrons. The first-order valence-corrected chi connectivity index (χ1v) is 25.5. The number of carbonyl (C=O) groups excluding carboxylic acids is 2. The van der Waals surface area contributed by atoms with E-state index in [0.29, 0.717) is 12.8 Å². The van der Waals surface area contributed by atoms with E-state index in [9.17, 15) is 34.1 Å². The van der Waals surface area contributed by atoms with Crippen molar-refractivity contribution >= 4 is 25.7 Å². The highest BCUT2D eigenvalue weighted by Crippen LogP contribution is 2.43. The van der Waals surface area contributed by atoms with Gasteiger partial charge in [0.15, 0.2) is 6.04 Å². The summed E-state index contributed by atoms with van der Waals surface area (Å²) < 4.78 is 26.9. The molecule has 0 aromatic heterocycles. The highest BCUT2D eigenvalue weighted by atomic mass is 31.2. The molecule has 356 valence electrons. The zero-order chi connectivity index (χ0) is 45.6. The molecule has 0 aliphatic carbocycles. The van der Waals surface area contributed by atoms with E-state index in [1.807, 2.05) is 6.08 Å². The first-order chi connectivity index (χ1) is 30.1. The van der Waals surface area contributed by atoms with Crippen LogP contribution in [-0.4, -0.2) is 64.9 Å². The van der Waals surface area contributed by atoms with Gasteiger partial charge in [-0.3, -0.25) is 18.6 Å². The summed E-state index contributed by atoms with van der Waals surface area (Å²) >= 11 is 0. The molecule has 0 aromatic carbocycles. The van der Waals surface area contributed by atoms with Gasteiger partial charge >= 0.3 is 19.8 Å². The number of hydrogen-bond donors (Lipinski definition) is 4. The maximum atomic E-state index is 12.3. The zero-order valence-electron chi connectivity index (χ0n) is 38.6. The maximum absolute atomic E-state index is 12.3. The summed E-state index contributed by atoms with van der Waals surface area (Å²) in [7, 11) is -4.77. The summed E-state index contributed by atoms with van der Waals surface area (Å²) in [5.74, 6) is -2.44. The number of hydrogen-bond acceptors (Lipinski definition) is 8. The Morgan fingerprint density at radius 2 is 0.935 bits per heavy atom. The van der Waals surface area contributed by atoms with Gasteiger partial charge in [-0.2, -0.15) is 0 Å². The Hall–Kier alpha value is -3.08. The van der Waals surface area contributed by atoms with Crippen molar-refractivity contribution in [2.75, 3.05) is 19.8 Å². The van der Waals surface area contributed by atoms with Crippen LogP contribution in [0.15, 0.2) is 72.9 Å². The monoisotopic (exact) mass is 892 g/mol. The SMILES string of the molecule is CC/C=C\C/C=C\C/C=C\C/C=C\CCCCC(=O)NC(COP(=O)(O)OCC(O)COC(=O)CCCCCCCCCCCCCCC/C=C\C/C=C\CCCCC)C(=O)O. The molecule has 11 nitrogen and oxygen atoms in total. The third kappa shape index (κ3) is 43.6. The van der Waals surface area contributed by atoms with E-state index in [1.165, 1.54) is 89.9 Å². The van der Waals surface area contributed by atoms with Gasteiger partial charge in [-0.1, -0.05) is 170 Å². The van der Waals surface area contributed by atoms with Crippen molar-refractivity contribution in [3.05, 3.63) is 72.9 Å². The molecule has 1 amide bonds. The first kappa shape index (κ1) is 58.9. The number of aliphatic hydroxyl groups is 1. The summed E-state index contributed by atoms with van der Waals surface area (Å²) in [6, 6.07) is -1.57. The standard InChI is InChI=1S/C50H86NO10P/c1-3-5-7-9-11-13-15-17-19-20-21-22-23-24-25-26-28-30-32-34-36-38-40-42-49(54)59-43-46(52)44-60-62(57,58)61-45-47(50(55)56)51-48(53)41-39-37-35-33-31-29-27-18-16-14-12-10-8-6-4-2/h6,8,11-14,17-19,27,31,33,46-47,52H,3-5,7,9-10,15-16,20-26,28-30,32,34-45H2,1-2H3,(H,51,53)(H,55,56)(H,57,58)/b8-6-,13-11-,14-12-,19-17-,27-18-,33-31-. The van der Waals surface area contributed by atoms with Gasteiger partial charge in [0.1, 0.15) is 12.7 Å². The van der Waals surface area contributed by atoms with E-state index in [4.69, 9.17) is 13.8 Å². The van der Waals surface area contributed by atoms with Crippen LogP contribution in [0, 0.1) is 0 Å². The van der Waals surface area contributed by atoms with Crippen LogP contribution in [0.25, 0.3) is 0 Å². The van der Waals surface area contributed by atoms with Crippen molar-refractivity contribution in [2.24, 2.45) is 0 Å². The maximum Gasteiger partial charge on any atom is 0.472 e. The molecule has 0 aliphatic heterocycles. The molecule has 0 spiro atoms. The van der Waals surface area contributed by atoms with Gasteiger partial charge in [0, 0.05) is 12.8 Å². The second kappa shape index (κ2) is 44.5. The van der Waals surface area contributed by atoms with Crippen LogP contribution in [0.5, 0.6) is 0 Å². The van der Waals surface area contributed by atoms with Crippen LogP contribution in [0.4, 0.5) is 0 Å². The van der Waals surface area contributed by atoms with Crippen LogP contribution in [0.2, 0.25) is 0 Å². The minimum atomic E-state index is -4.77. The summed E-state index contributed by atoms with van der Waals surface area (Å²) in [5, 5.41) is 21.8. The number of unbranched alkanes of at least 4 members (excludes halogenated alkanes) is 18. The molecule has 0 aromatic rings. The molecular weight excluding hydrogens is 806 g/mol. The number of aliphatic hydroxyl groups excluding tert-OH is 1. The second-order valence-electron chi connectivity index (χ2n) is 15.9. The lowest BCUT2D eigenvalue weighted by Gasteiger charge is -2.18. The van der Waals surface area contributed by atoms with Gasteiger partial charge in [-0.05, 0) is 83.5 Å². The van der Waals surface area contributed by atoms with Crippen LogP contribution in [0.1, 0.15) is 194 Å². The van der Waals surface area contributed by atoms with Gasteiger partial charge < -0.3 is 25.2 Å². The van der Waals surface area contributed by atoms with Gasteiger partial charge in [0.05, 0.1) is 13.2 Å². The van der Waals surface area contributed by atoms with Crippen LogP contribution >= 0.6 is 7.82 Å². The van der Waals surface area contributed by atoms with E-state index in [-0.39, 0.29) is 12.8 Å². The lowest BCUT2D eigenvalue weighted by molar-refractivity contribution is -0.147. The topological polar surface area (TPSA) is 169 Å². The average molecular weight is 892 g/mol. The number of carbonyl (C=O) groups is 3. The van der Waals surface area contributed by atoms with Gasteiger partial charge in [0.25, 0.3) is 0 Å². The third-order valence-electron chi connectivity index (χ3n) is 9.98. The fourth-order valence-electron chi connectivity index (χ4n) is 6.28. The molecule has 3 atom stereocenters. The number of ether oxygens (including phenoxy) is 1. The molecule has 0 aliphatic rings. The van der Waals surface area contributed by atoms with Crippen molar-refractivity contribution in [3.63, 3.8) is 0 Å². The van der Waals surface area contributed by atoms with E-state index in [2.05, 4.69) is 86.0 Å². The molecule has 62 heavy (non-hydrogen) atoms. The van der Waals surface area contributed by atoms with E-state index < -0.39 is 57.6 Å². The Morgan fingerprint density at radius 1 is 0.532 bits per heavy atom. The number of phosphoric acid groups is 1. The Bertz CT molecular complexity index is 1320. The molecule has 0 bridgehead atoms. The second-order valence-corrected chi connectivity index (χ2v) is 17.4. The fraction of sp³-hybridized carbons (Fsp3) is 0.700. The largest absolute Gasteiger partial charge is 0.480 e. The highest BCUT2D eigenvalue weighted by molar-refractivity contribution is 7.47. The molecule has 0 heterocycles. The summed E-state index contributed by atoms with van der Waals surface area (Å²) in [4.78, 5) is 46.0. The third-order valence-corrected chi connectivity index (χ3v) is 10.9. The van der Waals surface area contributed by atoms with Crippen LogP contribution in [0.3, 0.4) is 0 Å². The molecule has 4 N–H and O–H groups in total. The van der Waals surface area contributed by atoms with Gasteiger partial charge in [-0.25, -0.2) is 9.36 Å². The van der Waals surface area contributed by atoms with Crippen LogP contribution < -0.4 is 5.32 Å².